The van der Waals surface area contributed by atoms with Crippen molar-refractivity contribution in [2.24, 2.45) is 0 Å². The highest BCUT2D eigenvalue weighted by molar-refractivity contribution is 5.98. The number of amides is 2. The Morgan fingerprint density at radius 1 is 0.886 bits per heavy atom. The quantitative estimate of drug-likeness (QED) is 0.370. The number of carbonyl (C=O) groups excluding carboxylic acids is 3. The van der Waals surface area contributed by atoms with Gasteiger partial charge in [-0.1, -0.05) is 91.0 Å². The lowest BCUT2D eigenvalue weighted by molar-refractivity contribution is -0.169. The number of hydrogen-bond acceptors (Lipinski definition) is 5. The second-order valence-electron chi connectivity index (χ2n) is 8.87. The predicted molar refractivity (Wildman–Crippen MR) is 128 cm³/mol. The summed E-state index contributed by atoms with van der Waals surface area (Å²) in [4.78, 5) is 42.1. The normalized spacial score (nSPS) is 21.4. The van der Waals surface area contributed by atoms with E-state index >= 15 is 0 Å². The summed E-state index contributed by atoms with van der Waals surface area (Å²) in [7, 11) is 0. The molecule has 2 saturated heterocycles. The SMILES string of the molecule is O=C(CN1C[C@@](Cc2ccccc2)(N2C(=O)OC[C@@H]2c2ccccc2)C1=O)OCc1ccccc1. The molecule has 2 aliphatic heterocycles. The summed E-state index contributed by atoms with van der Waals surface area (Å²) in [5, 5.41) is 0. The fraction of sp³-hybridized carbons (Fsp3) is 0.250. The lowest BCUT2D eigenvalue weighted by Crippen LogP contribution is -2.76. The minimum atomic E-state index is -1.13. The van der Waals surface area contributed by atoms with Crippen LogP contribution in [0.5, 0.6) is 0 Å². The number of cyclic esters (lactones) is 1. The summed E-state index contributed by atoms with van der Waals surface area (Å²) >= 11 is 0. The molecule has 0 radical (unpaired) electrons. The van der Waals surface area contributed by atoms with Crippen molar-refractivity contribution in [3.8, 4) is 0 Å². The summed E-state index contributed by atoms with van der Waals surface area (Å²) in [6.45, 7) is 0.373. The van der Waals surface area contributed by atoms with Gasteiger partial charge in [-0.3, -0.25) is 14.5 Å². The Morgan fingerprint density at radius 2 is 1.49 bits per heavy atom. The first-order valence-electron chi connectivity index (χ1n) is 11.6. The van der Waals surface area contributed by atoms with Crippen LogP contribution in [0.25, 0.3) is 0 Å². The zero-order valence-corrected chi connectivity index (χ0v) is 19.2. The van der Waals surface area contributed by atoms with Gasteiger partial charge in [-0.2, -0.15) is 0 Å². The molecule has 3 aromatic carbocycles. The van der Waals surface area contributed by atoms with Gasteiger partial charge in [0.25, 0.3) is 5.91 Å². The molecule has 0 bridgehead atoms. The molecule has 2 heterocycles. The van der Waals surface area contributed by atoms with E-state index in [2.05, 4.69) is 0 Å². The van der Waals surface area contributed by atoms with Crippen LogP contribution in [0.4, 0.5) is 4.79 Å². The summed E-state index contributed by atoms with van der Waals surface area (Å²) in [6, 6.07) is 28.1. The largest absolute Gasteiger partial charge is 0.459 e. The Labute approximate surface area is 203 Å². The highest BCUT2D eigenvalue weighted by Crippen LogP contribution is 2.42. The number of nitrogens with zero attached hydrogens (tertiary/aromatic N) is 2. The minimum Gasteiger partial charge on any atom is -0.459 e. The third kappa shape index (κ3) is 4.49. The van der Waals surface area contributed by atoms with Gasteiger partial charge in [-0.15, -0.1) is 0 Å². The fourth-order valence-electron chi connectivity index (χ4n) is 4.87. The molecule has 0 N–H and O–H groups in total. The Kier molecular flexibility index (Phi) is 6.23. The van der Waals surface area contributed by atoms with Crippen LogP contribution < -0.4 is 0 Å². The second-order valence-corrected chi connectivity index (χ2v) is 8.87. The molecule has 2 fully saturated rings. The Morgan fingerprint density at radius 3 is 2.11 bits per heavy atom. The lowest BCUT2D eigenvalue weighted by Gasteiger charge is -2.53. The molecule has 0 aromatic heterocycles. The number of benzene rings is 3. The smallest absolute Gasteiger partial charge is 0.411 e. The topological polar surface area (TPSA) is 76.2 Å². The molecule has 7 nitrogen and oxygen atoms in total. The van der Waals surface area contributed by atoms with E-state index in [9.17, 15) is 14.4 Å². The molecule has 0 aliphatic carbocycles. The van der Waals surface area contributed by atoms with Gasteiger partial charge in [0.2, 0.25) is 0 Å². The van der Waals surface area contributed by atoms with E-state index in [0.717, 1.165) is 16.7 Å². The molecule has 178 valence electrons. The van der Waals surface area contributed by atoms with Crippen LogP contribution in [0.3, 0.4) is 0 Å². The Hall–Kier alpha value is -4.13. The van der Waals surface area contributed by atoms with Gasteiger partial charge in [-0.25, -0.2) is 4.79 Å². The van der Waals surface area contributed by atoms with Gasteiger partial charge >= 0.3 is 12.1 Å². The van der Waals surface area contributed by atoms with Crippen molar-refractivity contribution in [1.82, 2.24) is 9.80 Å². The van der Waals surface area contributed by atoms with E-state index < -0.39 is 17.6 Å². The van der Waals surface area contributed by atoms with Crippen LogP contribution in [-0.2, 0) is 32.1 Å². The van der Waals surface area contributed by atoms with Crippen LogP contribution in [-0.4, -0.2) is 53.0 Å². The minimum absolute atomic E-state index is 0.144. The molecule has 0 saturated carbocycles. The van der Waals surface area contributed by atoms with Crippen LogP contribution in [0.15, 0.2) is 91.0 Å². The molecule has 2 atom stereocenters. The van der Waals surface area contributed by atoms with E-state index in [1.54, 1.807) is 4.90 Å². The van der Waals surface area contributed by atoms with Crippen LogP contribution in [0.2, 0.25) is 0 Å². The Bertz CT molecular complexity index is 1200. The molecule has 5 rings (SSSR count). The standard InChI is InChI=1S/C28H26N2O5/c31-25(34-18-22-12-6-2-7-13-22)17-29-20-28(26(29)32,16-21-10-4-1-5-11-21)30-24(19-35-27(30)33)23-14-8-3-9-15-23/h1-15,24H,16-20H2/t24-,28-/m1/s1. The first kappa shape index (κ1) is 22.7. The van der Waals surface area contributed by atoms with Crippen LogP contribution in [0.1, 0.15) is 22.7 Å². The predicted octanol–water partition coefficient (Wildman–Crippen LogP) is 3.75. The van der Waals surface area contributed by atoms with Crippen molar-refractivity contribution in [2.45, 2.75) is 24.6 Å². The number of carbonyl (C=O) groups is 3. The van der Waals surface area contributed by atoms with E-state index in [1.165, 1.54) is 4.90 Å². The van der Waals surface area contributed by atoms with E-state index in [1.807, 2.05) is 91.0 Å². The van der Waals surface area contributed by atoms with Crippen LogP contribution >= 0.6 is 0 Å². The number of β-lactam (4-membered cyclic amide) rings is 1. The second kappa shape index (κ2) is 9.62. The number of likely N-dealkylation sites (tertiary alicyclic amines) is 1. The van der Waals surface area contributed by atoms with Gasteiger partial charge in [0, 0.05) is 6.42 Å². The zero-order chi connectivity index (χ0) is 24.3. The number of esters is 1. The lowest BCUT2D eigenvalue weighted by atomic mass is 9.79. The first-order chi connectivity index (χ1) is 17.1. The summed E-state index contributed by atoms with van der Waals surface area (Å²) in [5.41, 5.74) is 1.58. The highest BCUT2D eigenvalue weighted by Gasteiger charge is 2.61. The van der Waals surface area contributed by atoms with E-state index in [4.69, 9.17) is 9.47 Å². The van der Waals surface area contributed by atoms with Gasteiger partial charge in [0.05, 0.1) is 12.6 Å². The maximum Gasteiger partial charge on any atom is 0.411 e. The number of hydrogen-bond donors (Lipinski definition) is 0. The van der Waals surface area contributed by atoms with E-state index in [0.29, 0.717) is 6.42 Å². The van der Waals surface area contributed by atoms with Crippen molar-refractivity contribution in [1.29, 1.82) is 0 Å². The molecule has 0 unspecified atom stereocenters. The molecule has 2 aliphatic rings. The number of rotatable bonds is 8. The van der Waals surface area contributed by atoms with Crippen molar-refractivity contribution in [2.75, 3.05) is 19.7 Å². The van der Waals surface area contributed by atoms with Crippen LogP contribution in [0, 0.1) is 0 Å². The third-order valence-electron chi connectivity index (χ3n) is 6.56. The fourth-order valence-corrected chi connectivity index (χ4v) is 4.87. The molecule has 7 heteroatoms. The molecule has 2 amide bonds. The maximum atomic E-state index is 13.7. The average molecular weight is 471 g/mol. The van der Waals surface area contributed by atoms with Crippen molar-refractivity contribution < 1.29 is 23.9 Å². The maximum absolute atomic E-state index is 13.7. The van der Waals surface area contributed by atoms with Gasteiger partial charge in [0.15, 0.2) is 0 Å². The summed E-state index contributed by atoms with van der Waals surface area (Å²) in [5.74, 6) is -0.767. The van der Waals surface area contributed by atoms with Gasteiger partial charge < -0.3 is 14.4 Å². The zero-order valence-electron chi connectivity index (χ0n) is 19.2. The molecule has 0 spiro atoms. The van der Waals surface area contributed by atoms with Crippen molar-refractivity contribution in [3.63, 3.8) is 0 Å². The van der Waals surface area contributed by atoms with Crippen molar-refractivity contribution >= 4 is 18.0 Å². The van der Waals surface area contributed by atoms with Gasteiger partial charge in [-0.05, 0) is 16.7 Å². The third-order valence-corrected chi connectivity index (χ3v) is 6.56. The monoisotopic (exact) mass is 470 g/mol. The first-order valence-corrected chi connectivity index (χ1v) is 11.6. The Balaban J connectivity index is 1.36. The highest BCUT2D eigenvalue weighted by atomic mass is 16.6. The molecule has 35 heavy (non-hydrogen) atoms. The van der Waals surface area contributed by atoms with Crippen molar-refractivity contribution in [3.05, 3.63) is 108 Å². The van der Waals surface area contributed by atoms with E-state index in [-0.39, 0.29) is 38.3 Å². The molecular formula is C28H26N2O5. The summed E-state index contributed by atoms with van der Waals surface area (Å²) < 4.78 is 10.8. The van der Waals surface area contributed by atoms with Gasteiger partial charge in [0.1, 0.15) is 25.3 Å². The average Bonchev–Trinajstić information content (AvgIpc) is 3.29. The summed E-state index contributed by atoms with van der Waals surface area (Å²) in [6.07, 6.45) is -0.185. The molecule has 3 aromatic rings. The number of ether oxygens (including phenoxy) is 2. The molecular weight excluding hydrogens is 444 g/mol.